The second kappa shape index (κ2) is 5.28. The molecule has 1 aliphatic carbocycles. The van der Waals surface area contributed by atoms with E-state index in [1.54, 1.807) is 6.26 Å². The lowest BCUT2D eigenvalue weighted by Gasteiger charge is -2.12. The van der Waals surface area contributed by atoms with Crippen LogP contribution in [0.4, 0.5) is 0 Å². The highest BCUT2D eigenvalue weighted by Crippen LogP contribution is 2.47. The molecular weight excluding hydrogens is 260 g/mol. The molecule has 3 N–H and O–H groups in total. The Morgan fingerprint density at radius 3 is 2.90 bits per heavy atom. The minimum atomic E-state index is -0.506. The van der Waals surface area contributed by atoms with Gasteiger partial charge in [-0.25, -0.2) is 0 Å². The van der Waals surface area contributed by atoms with Crippen LogP contribution in [0.5, 0.6) is 0 Å². The van der Waals surface area contributed by atoms with E-state index in [1.165, 1.54) is 0 Å². The zero-order valence-electron chi connectivity index (χ0n) is 11.1. The average molecular weight is 278 g/mol. The van der Waals surface area contributed by atoms with Crippen LogP contribution in [-0.2, 0) is 14.3 Å². The van der Waals surface area contributed by atoms with Gasteiger partial charge in [-0.15, -0.1) is 0 Å². The van der Waals surface area contributed by atoms with Gasteiger partial charge in [-0.05, 0) is 31.4 Å². The molecule has 6 nitrogen and oxygen atoms in total. The molecule has 1 aromatic rings. The molecule has 108 valence electrons. The monoisotopic (exact) mass is 278 g/mol. The van der Waals surface area contributed by atoms with E-state index in [2.05, 4.69) is 5.32 Å². The molecule has 1 saturated heterocycles. The Bertz CT molecular complexity index is 499. The van der Waals surface area contributed by atoms with Crippen molar-refractivity contribution in [3.05, 3.63) is 24.2 Å². The fourth-order valence-corrected chi connectivity index (χ4v) is 2.71. The van der Waals surface area contributed by atoms with Crippen molar-refractivity contribution < 1.29 is 18.7 Å². The van der Waals surface area contributed by atoms with E-state index in [0.717, 1.165) is 18.6 Å². The lowest BCUT2D eigenvalue weighted by molar-refractivity contribution is -0.128. The summed E-state index contributed by atoms with van der Waals surface area (Å²) in [6, 6.07) is 3.73. The number of primary amides is 1. The smallest absolute Gasteiger partial charge is 0.246 e. The van der Waals surface area contributed by atoms with Crippen LogP contribution in [-0.4, -0.2) is 30.6 Å². The summed E-state index contributed by atoms with van der Waals surface area (Å²) in [6.07, 6.45) is 3.22. The summed E-state index contributed by atoms with van der Waals surface area (Å²) in [5, 5.41) is 2.88. The predicted octanol–water partition coefficient (Wildman–Crippen LogP) is 0.532. The molecule has 1 aliphatic heterocycles. The third kappa shape index (κ3) is 2.70. The fraction of sp³-hybridized carbons (Fsp3) is 0.571. The van der Waals surface area contributed by atoms with Crippen molar-refractivity contribution in [2.75, 3.05) is 6.54 Å². The van der Waals surface area contributed by atoms with Crippen molar-refractivity contribution in [1.82, 2.24) is 5.32 Å². The Balaban J connectivity index is 1.42. The SMILES string of the molecule is NC(=O)[C@@H]1CC[C@H](CNC(=O)[C@H]2C[C@H]2c2ccco2)O1. The summed E-state index contributed by atoms with van der Waals surface area (Å²) < 4.78 is 10.8. The van der Waals surface area contributed by atoms with Crippen LogP contribution in [0, 0.1) is 5.92 Å². The summed E-state index contributed by atoms with van der Waals surface area (Å²) in [5.41, 5.74) is 5.18. The number of hydrogen-bond donors (Lipinski definition) is 2. The molecular formula is C14H18N2O4. The Morgan fingerprint density at radius 2 is 2.25 bits per heavy atom. The van der Waals surface area contributed by atoms with Crippen molar-refractivity contribution >= 4 is 11.8 Å². The summed E-state index contributed by atoms with van der Waals surface area (Å²) in [5.74, 6) is 0.662. The van der Waals surface area contributed by atoms with Gasteiger partial charge in [0.15, 0.2) is 0 Å². The number of ether oxygens (including phenoxy) is 1. The van der Waals surface area contributed by atoms with Gasteiger partial charge >= 0.3 is 0 Å². The lowest BCUT2D eigenvalue weighted by Crippen LogP contribution is -2.35. The Hall–Kier alpha value is -1.82. The van der Waals surface area contributed by atoms with Crippen LogP contribution < -0.4 is 11.1 Å². The summed E-state index contributed by atoms with van der Waals surface area (Å²) >= 11 is 0. The number of hydrogen-bond acceptors (Lipinski definition) is 4. The molecule has 0 unspecified atom stereocenters. The minimum Gasteiger partial charge on any atom is -0.469 e. The molecule has 0 bridgehead atoms. The molecule has 0 aromatic carbocycles. The van der Waals surface area contributed by atoms with E-state index in [4.69, 9.17) is 14.9 Å². The van der Waals surface area contributed by atoms with E-state index >= 15 is 0 Å². The number of amides is 2. The van der Waals surface area contributed by atoms with Crippen molar-refractivity contribution in [2.45, 2.75) is 37.4 Å². The van der Waals surface area contributed by atoms with Gasteiger partial charge in [0.1, 0.15) is 11.9 Å². The van der Waals surface area contributed by atoms with Gasteiger partial charge in [0.05, 0.1) is 12.4 Å². The molecule has 6 heteroatoms. The normalized spacial score (nSPS) is 32.0. The van der Waals surface area contributed by atoms with Crippen molar-refractivity contribution in [2.24, 2.45) is 11.7 Å². The molecule has 2 heterocycles. The summed E-state index contributed by atoms with van der Waals surface area (Å²) in [4.78, 5) is 23.0. The minimum absolute atomic E-state index is 0.00510. The van der Waals surface area contributed by atoms with Gasteiger partial charge in [0.2, 0.25) is 11.8 Å². The maximum absolute atomic E-state index is 12.0. The van der Waals surface area contributed by atoms with Crippen molar-refractivity contribution in [3.8, 4) is 0 Å². The molecule has 2 aliphatic rings. The fourth-order valence-electron chi connectivity index (χ4n) is 2.71. The van der Waals surface area contributed by atoms with Crippen LogP contribution in [0.3, 0.4) is 0 Å². The van der Waals surface area contributed by atoms with Crippen LogP contribution in [0.1, 0.15) is 30.9 Å². The van der Waals surface area contributed by atoms with Crippen LogP contribution >= 0.6 is 0 Å². The molecule has 3 rings (SSSR count). The van der Waals surface area contributed by atoms with Crippen molar-refractivity contribution in [3.63, 3.8) is 0 Å². The summed E-state index contributed by atoms with van der Waals surface area (Å²) in [7, 11) is 0. The highest BCUT2D eigenvalue weighted by Gasteiger charge is 2.46. The zero-order chi connectivity index (χ0) is 14.1. The van der Waals surface area contributed by atoms with Gasteiger partial charge in [-0.2, -0.15) is 0 Å². The van der Waals surface area contributed by atoms with Crippen molar-refractivity contribution in [1.29, 1.82) is 0 Å². The molecule has 20 heavy (non-hydrogen) atoms. The Kier molecular flexibility index (Phi) is 3.48. The zero-order valence-corrected chi connectivity index (χ0v) is 11.1. The first-order chi connectivity index (χ1) is 9.65. The third-order valence-corrected chi connectivity index (χ3v) is 3.96. The second-order valence-electron chi connectivity index (χ2n) is 5.44. The lowest BCUT2D eigenvalue weighted by atomic mass is 10.2. The maximum atomic E-state index is 12.0. The number of rotatable bonds is 5. The van der Waals surface area contributed by atoms with Gasteiger partial charge in [-0.1, -0.05) is 0 Å². The van der Waals surface area contributed by atoms with Gasteiger partial charge in [0, 0.05) is 18.4 Å². The highest BCUT2D eigenvalue weighted by molar-refractivity contribution is 5.82. The van der Waals surface area contributed by atoms with E-state index < -0.39 is 12.0 Å². The first-order valence-electron chi connectivity index (χ1n) is 6.91. The number of nitrogens with one attached hydrogen (secondary N) is 1. The maximum Gasteiger partial charge on any atom is 0.246 e. The standard InChI is InChI=1S/C14H18N2O4/c15-13(17)12-4-3-8(20-12)7-16-14(18)10-6-9(10)11-2-1-5-19-11/h1-2,5,8-10,12H,3-4,6-7H2,(H2,15,17)(H,16,18)/t8-,9-,10+,12+/m1/s1. The molecule has 0 spiro atoms. The average Bonchev–Trinajstić information content (AvgIpc) is 2.89. The van der Waals surface area contributed by atoms with E-state index in [9.17, 15) is 9.59 Å². The first-order valence-corrected chi connectivity index (χ1v) is 6.91. The van der Waals surface area contributed by atoms with Crippen LogP contribution in [0.25, 0.3) is 0 Å². The van der Waals surface area contributed by atoms with Gasteiger partial charge < -0.3 is 20.2 Å². The molecule has 1 saturated carbocycles. The second-order valence-corrected chi connectivity index (χ2v) is 5.44. The number of furan rings is 1. The van der Waals surface area contributed by atoms with Gasteiger partial charge in [-0.3, -0.25) is 9.59 Å². The third-order valence-electron chi connectivity index (χ3n) is 3.96. The molecule has 4 atom stereocenters. The largest absolute Gasteiger partial charge is 0.469 e. The molecule has 0 radical (unpaired) electrons. The highest BCUT2D eigenvalue weighted by atomic mass is 16.5. The number of nitrogens with two attached hydrogens (primary N) is 1. The Morgan fingerprint density at radius 1 is 1.40 bits per heavy atom. The molecule has 2 amide bonds. The van der Waals surface area contributed by atoms with Gasteiger partial charge in [0.25, 0.3) is 0 Å². The van der Waals surface area contributed by atoms with Crippen LogP contribution in [0.2, 0.25) is 0 Å². The number of carbonyl (C=O) groups is 2. The Labute approximate surface area is 116 Å². The topological polar surface area (TPSA) is 94.6 Å². The number of carbonyl (C=O) groups excluding carboxylic acids is 2. The first kappa shape index (κ1) is 13.2. The quantitative estimate of drug-likeness (QED) is 0.821. The summed E-state index contributed by atoms with van der Waals surface area (Å²) in [6.45, 7) is 0.435. The van der Waals surface area contributed by atoms with E-state index in [0.29, 0.717) is 13.0 Å². The van der Waals surface area contributed by atoms with Crippen LogP contribution in [0.15, 0.2) is 22.8 Å². The molecule has 1 aromatic heterocycles. The van der Waals surface area contributed by atoms with E-state index in [1.807, 2.05) is 12.1 Å². The predicted molar refractivity (Wildman–Crippen MR) is 69.7 cm³/mol. The molecule has 2 fully saturated rings. The van der Waals surface area contributed by atoms with E-state index in [-0.39, 0.29) is 23.8 Å².